The monoisotopic (exact) mass is 359 g/mol. The van der Waals surface area contributed by atoms with Gasteiger partial charge in [-0.05, 0) is 55.7 Å². The highest BCUT2D eigenvalue weighted by atomic mass is 16.5. The number of amides is 1. The average molecular weight is 359 g/mol. The van der Waals surface area contributed by atoms with Crippen LogP contribution in [0.2, 0.25) is 0 Å². The topological polar surface area (TPSA) is 76.1 Å². The molecule has 1 N–H and O–H groups in total. The van der Waals surface area contributed by atoms with Crippen LogP contribution in [0.3, 0.4) is 0 Å². The van der Waals surface area contributed by atoms with Gasteiger partial charge in [-0.1, -0.05) is 6.07 Å². The second-order valence-corrected chi connectivity index (χ2v) is 7.72. The van der Waals surface area contributed by atoms with E-state index in [1.807, 2.05) is 23.1 Å². The molecule has 2 saturated heterocycles. The molecule has 3 aliphatic rings. The Hall–Kier alpha value is -2.08. The zero-order valence-electron chi connectivity index (χ0n) is 14.9. The van der Waals surface area contributed by atoms with Gasteiger partial charge >= 0.3 is 5.97 Å². The summed E-state index contributed by atoms with van der Waals surface area (Å²) in [6.45, 7) is 2.57. The fraction of sp³-hybridized carbons (Fsp3) is 0.600. The number of rotatable bonds is 5. The fourth-order valence-corrected chi connectivity index (χ4v) is 4.27. The van der Waals surface area contributed by atoms with Gasteiger partial charge in [0.2, 0.25) is 0 Å². The fourth-order valence-electron chi connectivity index (χ4n) is 4.27. The normalized spacial score (nSPS) is 26.7. The first-order valence-electron chi connectivity index (χ1n) is 9.44. The molecule has 1 amide bonds. The second kappa shape index (κ2) is 6.91. The molecule has 140 valence electrons. The standard InChI is InChI=1S/C20H25NO5/c22-18(21-8-6-20(7-9-21)12-17(20)19(23)24)14-3-1-4-15(11-14)26-13-16-5-2-10-25-16/h1,3-4,11,16-17H,2,5-10,12-13H2,(H,23,24). The molecule has 0 bridgehead atoms. The maximum atomic E-state index is 12.8. The van der Waals surface area contributed by atoms with Gasteiger partial charge in [0, 0.05) is 25.3 Å². The summed E-state index contributed by atoms with van der Waals surface area (Å²) < 4.78 is 11.3. The quantitative estimate of drug-likeness (QED) is 0.874. The van der Waals surface area contributed by atoms with Crippen molar-refractivity contribution >= 4 is 11.9 Å². The number of piperidine rings is 1. The molecule has 1 aromatic carbocycles. The Bertz CT molecular complexity index is 689. The average Bonchev–Trinajstić information content (AvgIpc) is 3.11. The van der Waals surface area contributed by atoms with Gasteiger partial charge in [0.05, 0.1) is 12.0 Å². The maximum Gasteiger partial charge on any atom is 0.307 e. The van der Waals surface area contributed by atoms with Crippen LogP contribution in [0.4, 0.5) is 0 Å². The lowest BCUT2D eigenvalue weighted by atomic mass is 9.90. The van der Waals surface area contributed by atoms with E-state index >= 15 is 0 Å². The van der Waals surface area contributed by atoms with E-state index in [9.17, 15) is 14.7 Å². The van der Waals surface area contributed by atoms with Gasteiger partial charge in [-0.25, -0.2) is 0 Å². The lowest BCUT2D eigenvalue weighted by Gasteiger charge is -2.32. The summed E-state index contributed by atoms with van der Waals surface area (Å²) in [7, 11) is 0. The summed E-state index contributed by atoms with van der Waals surface area (Å²) in [6, 6.07) is 7.30. The summed E-state index contributed by atoms with van der Waals surface area (Å²) in [5, 5.41) is 9.18. The minimum Gasteiger partial charge on any atom is -0.491 e. The number of carboxylic acid groups (broad SMARTS) is 1. The molecule has 26 heavy (non-hydrogen) atoms. The van der Waals surface area contributed by atoms with Crippen molar-refractivity contribution in [3.8, 4) is 5.75 Å². The molecule has 2 aliphatic heterocycles. The van der Waals surface area contributed by atoms with Crippen molar-refractivity contribution in [1.29, 1.82) is 0 Å². The predicted octanol–water partition coefficient (Wildman–Crippen LogP) is 2.57. The molecule has 1 aromatic rings. The third kappa shape index (κ3) is 3.43. The molecule has 2 unspecified atom stereocenters. The van der Waals surface area contributed by atoms with Crippen molar-refractivity contribution in [2.75, 3.05) is 26.3 Å². The number of carboxylic acids is 1. The first-order valence-corrected chi connectivity index (χ1v) is 9.44. The Morgan fingerprint density at radius 3 is 2.77 bits per heavy atom. The van der Waals surface area contributed by atoms with Crippen LogP contribution in [0.1, 0.15) is 42.5 Å². The predicted molar refractivity (Wildman–Crippen MR) is 94.2 cm³/mol. The highest BCUT2D eigenvalue weighted by Gasteiger charge is 2.59. The van der Waals surface area contributed by atoms with Crippen LogP contribution in [0.5, 0.6) is 5.75 Å². The molecular weight excluding hydrogens is 334 g/mol. The van der Waals surface area contributed by atoms with Gasteiger partial charge in [-0.15, -0.1) is 0 Å². The third-order valence-electron chi connectivity index (χ3n) is 6.08. The van der Waals surface area contributed by atoms with Crippen molar-refractivity contribution in [3.05, 3.63) is 29.8 Å². The second-order valence-electron chi connectivity index (χ2n) is 7.72. The number of ether oxygens (including phenoxy) is 2. The minimum absolute atomic E-state index is 0.00468. The summed E-state index contributed by atoms with van der Waals surface area (Å²) in [5.74, 6) is -0.224. The lowest BCUT2D eigenvalue weighted by Crippen LogP contribution is -2.40. The maximum absolute atomic E-state index is 12.8. The Kier molecular flexibility index (Phi) is 4.61. The van der Waals surface area contributed by atoms with Gasteiger partial charge in [0.25, 0.3) is 5.91 Å². The summed E-state index contributed by atoms with van der Waals surface area (Å²) in [5.41, 5.74) is 0.561. The van der Waals surface area contributed by atoms with Crippen LogP contribution in [0.15, 0.2) is 24.3 Å². The van der Waals surface area contributed by atoms with Gasteiger partial charge < -0.3 is 19.5 Å². The van der Waals surface area contributed by atoms with E-state index in [2.05, 4.69) is 0 Å². The van der Waals surface area contributed by atoms with E-state index in [1.165, 1.54) is 0 Å². The Labute approximate surface area is 153 Å². The number of hydrogen-bond acceptors (Lipinski definition) is 4. The summed E-state index contributed by atoms with van der Waals surface area (Å²) in [4.78, 5) is 25.8. The van der Waals surface area contributed by atoms with Crippen molar-refractivity contribution in [2.24, 2.45) is 11.3 Å². The molecule has 1 saturated carbocycles. The first kappa shape index (κ1) is 17.3. The van der Waals surface area contributed by atoms with Crippen LogP contribution in [0, 0.1) is 11.3 Å². The smallest absolute Gasteiger partial charge is 0.307 e. The van der Waals surface area contributed by atoms with Gasteiger partial charge in [0.1, 0.15) is 12.4 Å². The molecule has 6 nitrogen and oxygen atoms in total. The SMILES string of the molecule is O=C(O)C1CC12CCN(C(=O)c1cccc(OCC3CCCO3)c1)CC2. The number of aliphatic carboxylic acids is 1. The number of hydrogen-bond donors (Lipinski definition) is 1. The van der Waals surface area contributed by atoms with E-state index in [0.29, 0.717) is 31.0 Å². The van der Waals surface area contributed by atoms with E-state index in [1.54, 1.807) is 6.07 Å². The van der Waals surface area contributed by atoms with E-state index in [-0.39, 0.29) is 23.3 Å². The van der Waals surface area contributed by atoms with Crippen molar-refractivity contribution in [3.63, 3.8) is 0 Å². The molecule has 6 heteroatoms. The molecule has 2 atom stereocenters. The number of carbonyl (C=O) groups excluding carboxylic acids is 1. The van der Waals surface area contributed by atoms with E-state index in [0.717, 1.165) is 38.7 Å². The highest BCUT2D eigenvalue weighted by molar-refractivity contribution is 5.94. The molecule has 1 aliphatic carbocycles. The Morgan fingerprint density at radius 2 is 2.12 bits per heavy atom. The van der Waals surface area contributed by atoms with E-state index in [4.69, 9.17) is 9.47 Å². The van der Waals surface area contributed by atoms with Crippen molar-refractivity contribution in [1.82, 2.24) is 4.90 Å². The Morgan fingerprint density at radius 1 is 1.31 bits per heavy atom. The molecule has 2 heterocycles. The van der Waals surface area contributed by atoms with Crippen LogP contribution < -0.4 is 4.74 Å². The van der Waals surface area contributed by atoms with Gasteiger partial charge in [0.15, 0.2) is 0 Å². The molecule has 0 aromatic heterocycles. The number of nitrogens with zero attached hydrogens (tertiary/aromatic N) is 1. The molecule has 4 rings (SSSR count). The number of benzene rings is 1. The molecule has 0 radical (unpaired) electrons. The first-order chi connectivity index (χ1) is 12.6. The molecule has 1 spiro atoms. The summed E-state index contributed by atoms with van der Waals surface area (Å²) >= 11 is 0. The van der Waals surface area contributed by atoms with Crippen molar-refractivity contribution in [2.45, 2.75) is 38.2 Å². The van der Waals surface area contributed by atoms with Crippen LogP contribution in [0.25, 0.3) is 0 Å². The lowest BCUT2D eigenvalue weighted by molar-refractivity contribution is -0.139. The zero-order chi connectivity index (χ0) is 18.1. The molecular formula is C20H25NO5. The Balaban J connectivity index is 1.33. The van der Waals surface area contributed by atoms with E-state index < -0.39 is 5.97 Å². The molecule has 3 fully saturated rings. The number of carbonyl (C=O) groups is 2. The van der Waals surface area contributed by atoms with Crippen LogP contribution in [-0.2, 0) is 9.53 Å². The van der Waals surface area contributed by atoms with Crippen molar-refractivity contribution < 1.29 is 24.2 Å². The zero-order valence-corrected chi connectivity index (χ0v) is 14.9. The number of likely N-dealkylation sites (tertiary alicyclic amines) is 1. The highest BCUT2D eigenvalue weighted by Crippen LogP contribution is 2.59. The largest absolute Gasteiger partial charge is 0.491 e. The van der Waals surface area contributed by atoms with Crippen LogP contribution >= 0.6 is 0 Å². The van der Waals surface area contributed by atoms with Gasteiger partial charge in [-0.2, -0.15) is 0 Å². The summed E-state index contributed by atoms with van der Waals surface area (Å²) in [6.07, 6.45) is 4.57. The van der Waals surface area contributed by atoms with Gasteiger partial charge in [-0.3, -0.25) is 9.59 Å². The van der Waals surface area contributed by atoms with Crippen LogP contribution in [-0.4, -0.2) is 54.3 Å². The minimum atomic E-state index is -0.694. The third-order valence-corrected chi connectivity index (χ3v) is 6.08.